The van der Waals surface area contributed by atoms with Crippen LogP contribution in [0.3, 0.4) is 0 Å². The monoisotopic (exact) mass is 415 g/mol. The van der Waals surface area contributed by atoms with Crippen molar-refractivity contribution in [3.63, 3.8) is 0 Å². The van der Waals surface area contributed by atoms with Crippen LogP contribution in [0.2, 0.25) is 0 Å². The smallest absolute Gasteiger partial charge is 0.172 e. The van der Waals surface area contributed by atoms with Crippen LogP contribution in [0.15, 0.2) is 41.0 Å². The summed E-state index contributed by atoms with van der Waals surface area (Å²) in [6.45, 7) is 3.18. The lowest BCUT2D eigenvalue weighted by Gasteiger charge is -2.30. The topological polar surface area (TPSA) is 65.7 Å². The number of rotatable bonds is 4. The number of hydrogen-bond donors (Lipinski definition) is 2. The Hall–Kier alpha value is -2.12. The molecule has 1 unspecified atom stereocenters. The second-order valence-corrected chi connectivity index (χ2v) is 7.78. The maximum Gasteiger partial charge on any atom is 0.172 e. The maximum absolute atomic E-state index is 10.2. The molecule has 0 amide bonds. The number of piperidine rings is 1. The van der Waals surface area contributed by atoms with E-state index in [2.05, 4.69) is 43.3 Å². The molecule has 136 valence electrons. The molecule has 4 rings (SSSR count). The van der Waals surface area contributed by atoms with Crippen molar-refractivity contribution in [1.29, 1.82) is 0 Å². The Morgan fingerprint density at radius 2 is 2.19 bits per heavy atom. The fourth-order valence-corrected chi connectivity index (χ4v) is 3.93. The second kappa shape index (κ2) is 7.25. The number of nitrogens with one attached hydrogen (secondary N) is 1. The first-order valence-electron chi connectivity index (χ1n) is 8.87. The molecular weight excluding hydrogens is 394 g/mol. The number of aromatic nitrogens is 3. The van der Waals surface area contributed by atoms with Gasteiger partial charge in [0.05, 0.1) is 16.4 Å². The Morgan fingerprint density at radius 3 is 3.00 bits per heavy atom. The number of benzene rings is 1. The second-order valence-electron chi connectivity index (χ2n) is 6.92. The van der Waals surface area contributed by atoms with Crippen molar-refractivity contribution in [3.8, 4) is 17.0 Å². The predicted molar refractivity (Wildman–Crippen MR) is 106 cm³/mol. The molecule has 3 aromatic rings. The molecule has 1 aromatic carbocycles. The number of anilines is 1. The number of phenolic OH excluding ortho intramolecular Hbond substituents is 1. The van der Waals surface area contributed by atoms with E-state index in [0.717, 1.165) is 34.7 Å². The molecule has 6 nitrogen and oxygen atoms in total. The molecule has 1 saturated heterocycles. The third-order valence-corrected chi connectivity index (χ3v) is 5.46. The van der Waals surface area contributed by atoms with Crippen LogP contribution in [0, 0.1) is 5.92 Å². The molecule has 0 radical (unpaired) electrons. The van der Waals surface area contributed by atoms with Gasteiger partial charge >= 0.3 is 0 Å². The lowest BCUT2D eigenvalue weighted by atomic mass is 9.98. The van der Waals surface area contributed by atoms with Crippen LogP contribution in [-0.4, -0.2) is 51.3 Å². The van der Waals surface area contributed by atoms with Crippen LogP contribution in [0.5, 0.6) is 5.75 Å². The van der Waals surface area contributed by atoms with Crippen LogP contribution in [0.25, 0.3) is 16.9 Å². The van der Waals surface area contributed by atoms with Crippen LogP contribution in [-0.2, 0) is 0 Å². The predicted octanol–water partition coefficient (Wildman–Crippen LogP) is 3.62. The highest BCUT2D eigenvalue weighted by atomic mass is 79.9. The standard InChI is InChI=1S/C19H22BrN5O/c1-24-8-4-5-13(12-24)10-21-18-9-16(14-6-2-3-7-17(14)26)23-19-15(20)11-22-25(18)19/h2-3,6-7,9,11,13,21,26H,4-5,8,10,12H2,1H3. The Kier molecular flexibility index (Phi) is 4.82. The zero-order valence-electron chi connectivity index (χ0n) is 14.7. The molecule has 26 heavy (non-hydrogen) atoms. The highest BCUT2D eigenvalue weighted by Gasteiger charge is 2.18. The van der Waals surface area contributed by atoms with E-state index >= 15 is 0 Å². The van der Waals surface area contributed by atoms with E-state index in [9.17, 15) is 5.11 Å². The lowest BCUT2D eigenvalue weighted by molar-refractivity contribution is 0.217. The van der Waals surface area contributed by atoms with Gasteiger partial charge in [-0.1, -0.05) is 12.1 Å². The Bertz CT molecular complexity index is 925. The van der Waals surface area contributed by atoms with Crippen molar-refractivity contribution < 1.29 is 5.11 Å². The van der Waals surface area contributed by atoms with Gasteiger partial charge in [-0.05, 0) is 60.4 Å². The van der Waals surface area contributed by atoms with E-state index in [4.69, 9.17) is 0 Å². The van der Waals surface area contributed by atoms with E-state index in [-0.39, 0.29) is 5.75 Å². The molecule has 1 aliphatic heterocycles. The zero-order valence-corrected chi connectivity index (χ0v) is 16.3. The van der Waals surface area contributed by atoms with Gasteiger partial charge in [-0.3, -0.25) is 0 Å². The minimum absolute atomic E-state index is 0.222. The van der Waals surface area contributed by atoms with Crippen LogP contribution in [0.1, 0.15) is 12.8 Å². The summed E-state index contributed by atoms with van der Waals surface area (Å²) in [7, 11) is 2.18. The van der Waals surface area contributed by atoms with Gasteiger partial charge in [0, 0.05) is 24.7 Å². The number of aromatic hydroxyl groups is 1. The van der Waals surface area contributed by atoms with Gasteiger partial charge in [0.15, 0.2) is 5.65 Å². The third-order valence-electron chi connectivity index (χ3n) is 4.90. The first kappa shape index (κ1) is 17.3. The van der Waals surface area contributed by atoms with Gasteiger partial charge in [-0.2, -0.15) is 9.61 Å². The number of nitrogens with zero attached hydrogens (tertiary/aromatic N) is 4. The Morgan fingerprint density at radius 1 is 1.35 bits per heavy atom. The summed E-state index contributed by atoms with van der Waals surface area (Å²) in [5.74, 6) is 1.72. The van der Waals surface area contributed by atoms with Crippen molar-refractivity contribution >= 4 is 27.4 Å². The molecule has 0 saturated carbocycles. The summed E-state index contributed by atoms with van der Waals surface area (Å²) < 4.78 is 2.63. The van der Waals surface area contributed by atoms with Gasteiger partial charge in [-0.15, -0.1) is 0 Å². The van der Waals surface area contributed by atoms with Gasteiger partial charge in [0.2, 0.25) is 0 Å². The highest BCUT2D eigenvalue weighted by Crippen LogP contribution is 2.31. The molecule has 2 aromatic heterocycles. The van der Waals surface area contributed by atoms with Crippen molar-refractivity contribution in [2.45, 2.75) is 12.8 Å². The lowest BCUT2D eigenvalue weighted by Crippen LogP contribution is -2.35. The highest BCUT2D eigenvalue weighted by molar-refractivity contribution is 9.10. The van der Waals surface area contributed by atoms with E-state index in [1.165, 1.54) is 19.4 Å². The Labute approximate surface area is 161 Å². The van der Waals surface area contributed by atoms with Crippen molar-refractivity contribution in [3.05, 3.63) is 41.0 Å². The normalized spacial score (nSPS) is 18.3. The van der Waals surface area contributed by atoms with Gasteiger partial charge in [0.1, 0.15) is 11.6 Å². The summed E-state index contributed by atoms with van der Waals surface area (Å²) in [5.41, 5.74) is 2.16. The molecular formula is C19H22BrN5O. The number of halogens is 1. The summed E-state index contributed by atoms with van der Waals surface area (Å²) in [6, 6.07) is 9.21. The molecule has 0 aliphatic carbocycles. The number of likely N-dealkylation sites (tertiary alicyclic amines) is 1. The van der Waals surface area contributed by atoms with Gasteiger partial charge < -0.3 is 15.3 Å². The van der Waals surface area contributed by atoms with E-state index < -0.39 is 0 Å². The van der Waals surface area contributed by atoms with Gasteiger partial charge in [-0.25, -0.2) is 4.98 Å². The average molecular weight is 416 g/mol. The van der Waals surface area contributed by atoms with E-state index in [0.29, 0.717) is 11.5 Å². The maximum atomic E-state index is 10.2. The number of hydrogen-bond acceptors (Lipinski definition) is 5. The molecule has 1 fully saturated rings. The quantitative estimate of drug-likeness (QED) is 0.680. The molecule has 7 heteroatoms. The van der Waals surface area contributed by atoms with Crippen molar-refractivity contribution in [1.82, 2.24) is 19.5 Å². The number of para-hydroxylation sites is 1. The average Bonchev–Trinajstić information content (AvgIpc) is 3.01. The molecule has 3 heterocycles. The fourth-order valence-electron chi connectivity index (χ4n) is 3.58. The molecule has 0 bridgehead atoms. The van der Waals surface area contributed by atoms with Gasteiger partial charge in [0.25, 0.3) is 0 Å². The zero-order chi connectivity index (χ0) is 18.1. The third kappa shape index (κ3) is 3.41. The van der Waals surface area contributed by atoms with E-state index in [1.54, 1.807) is 16.8 Å². The fraction of sp³-hybridized carbons (Fsp3) is 0.368. The van der Waals surface area contributed by atoms with Crippen LogP contribution in [0.4, 0.5) is 5.82 Å². The molecule has 2 N–H and O–H groups in total. The first-order chi connectivity index (χ1) is 12.6. The minimum Gasteiger partial charge on any atom is -0.507 e. The minimum atomic E-state index is 0.222. The van der Waals surface area contributed by atoms with Crippen molar-refractivity contribution in [2.75, 3.05) is 32.0 Å². The molecule has 0 spiro atoms. The van der Waals surface area contributed by atoms with Crippen LogP contribution < -0.4 is 5.32 Å². The van der Waals surface area contributed by atoms with Crippen LogP contribution >= 0.6 is 15.9 Å². The summed E-state index contributed by atoms with van der Waals surface area (Å²) in [5, 5.41) is 18.2. The number of fused-ring (bicyclic) bond motifs is 1. The molecule has 1 atom stereocenters. The summed E-state index contributed by atoms with van der Waals surface area (Å²) in [6.07, 6.45) is 4.22. The first-order valence-corrected chi connectivity index (χ1v) is 9.66. The number of phenols is 1. The Balaban J connectivity index is 1.68. The largest absolute Gasteiger partial charge is 0.507 e. The van der Waals surface area contributed by atoms with E-state index in [1.807, 2.05) is 24.3 Å². The summed E-state index contributed by atoms with van der Waals surface area (Å²) in [4.78, 5) is 7.06. The SMILES string of the molecule is CN1CCCC(CNc2cc(-c3ccccc3O)nc3c(Br)cnn23)C1. The summed E-state index contributed by atoms with van der Waals surface area (Å²) >= 11 is 3.52. The molecule has 1 aliphatic rings. The van der Waals surface area contributed by atoms with Crippen molar-refractivity contribution in [2.24, 2.45) is 5.92 Å².